The van der Waals surface area contributed by atoms with Gasteiger partial charge in [0.1, 0.15) is 0 Å². The largest absolute Gasteiger partial charge is 0.382 e. The van der Waals surface area contributed by atoms with E-state index in [9.17, 15) is 0 Å². The first kappa shape index (κ1) is 11.4. The lowest BCUT2D eigenvalue weighted by Crippen LogP contribution is -2.29. The number of hydrogen-bond acceptors (Lipinski definition) is 6. The van der Waals surface area contributed by atoms with Gasteiger partial charge in [-0.15, -0.1) is 5.10 Å². The van der Waals surface area contributed by atoms with Crippen molar-refractivity contribution in [2.24, 2.45) is 22.2 Å². The van der Waals surface area contributed by atoms with Crippen molar-refractivity contribution in [2.75, 3.05) is 12.3 Å². The Morgan fingerprint density at radius 1 is 1.53 bits per heavy atom. The molecule has 0 amide bonds. The Kier molecular flexibility index (Phi) is 3.58. The molecule has 1 aromatic heterocycles. The van der Waals surface area contributed by atoms with Crippen LogP contribution in [0.25, 0.3) is 0 Å². The summed E-state index contributed by atoms with van der Waals surface area (Å²) >= 11 is 0. The van der Waals surface area contributed by atoms with E-state index in [1.807, 2.05) is 6.92 Å². The maximum absolute atomic E-state index is 5.69. The monoisotopic (exact) mass is 212 g/mol. The first-order valence-corrected chi connectivity index (χ1v) is 4.60. The van der Waals surface area contributed by atoms with Crippen molar-refractivity contribution in [3.63, 3.8) is 0 Å². The third-order valence-electron chi connectivity index (χ3n) is 1.76. The summed E-state index contributed by atoms with van der Waals surface area (Å²) in [5.74, 6) is 0.476. The molecule has 1 rings (SSSR count). The highest BCUT2D eigenvalue weighted by Crippen LogP contribution is 2.08. The molecule has 0 aromatic carbocycles. The normalized spacial score (nSPS) is 12.4. The lowest BCUT2D eigenvalue weighted by molar-refractivity contribution is 0.478. The number of nitrogen functional groups attached to an aromatic ring is 1. The smallest absolute Gasteiger partial charge is 0.171 e. The van der Waals surface area contributed by atoms with Crippen molar-refractivity contribution in [2.45, 2.75) is 19.6 Å². The molecule has 0 atom stereocenters. The molecule has 15 heavy (non-hydrogen) atoms. The molecule has 84 valence electrons. The van der Waals surface area contributed by atoms with E-state index in [4.69, 9.17) is 22.9 Å². The number of aliphatic imine (C=N–C) groups is 1. The van der Waals surface area contributed by atoms with Crippen LogP contribution >= 0.6 is 0 Å². The number of nitrogens with two attached hydrogens (primary N) is 4. The standard InChI is InChI=1S/C7H16N8/c1-2-3-12-5(8)4-6(9)15(7(10)11)14-13-4/h7H,2-3,9-11H2,1H3,(H2,8,12). The van der Waals surface area contributed by atoms with Gasteiger partial charge in [-0.2, -0.15) is 4.68 Å². The van der Waals surface area contributed by atoms with E-state index in [-0.39, 0.29) is 11.7 Å². The predicted molar refractivity (Wildman–Crippen MR) is 57.7 cm³/mol. The second-order valence-corrected chi connectivity index (χ2v) is 3.03. The number of aromatic nitrogens is 3. The van der Waals surface area contributed by atoms with Gasteiger partial charge in [0.15, 0.2) is 23.6 Å². The zero-order valence-electron chi connectivity index (χ0n) is 8.59. The molecule has 0 saturated carbocycles. The first-order chi connectivity index (χ1) is 7.07. The van der Waals surface area contributed by atoms with Crippen LogP contribution in [-0.4, -0.2) is 27.4 Å². The van der Waals surface area contributed by atoms with Crippen LogP contribution in [-0.2, 0) is 0 Å². The molecule has 0 aliphatic carbocycles. The van der Waals surface area contributed by atoms with E-state index in [0.717, 1.165) is 6.42 Å². The second-order valence-electron chi connectivity index (χ2n) is 3.03. The molecule has 0 aliphatic rings. The summed E-state index contributed by atoms with van der Waals surface area (Å²) in [6, 6.07) is 0. The van der Waals surface area contributed by atoms with Gasteiger partial charge >= 0.3 is 0 Å². The van der Waals surface area contributed by atoms with Crippen molar-refractivity contribution < 1.29 is 0 Å². The van der Waals surface area contributed by atoms with Gasteiger partial charge in [0, 0.05) is 6.54 Å². The highest BCUT2D eigenvalue weighted by Gasteiger charge is 2.14. The molecule has 0 aliphatic heterocycles. The van der Waals surface area contributed by atoms with Crippen LogP contribution in [0.15, 0.2) is 4.99 Å². The van der Waals surface area contributed by atoms with E-state index in [1.54, 1.807) is 0 Å². The summed E-state index contributed by atoms with van der Waals surface area (Å²) < 4.78 is 1.18. The predicted octanol–water partition coefficient (Wildman–Crippen LogP) is -1.65. The topological polar surface area (TPSA) is 147 Å². The molecule has 0 saturated heterocycles. The Balaban J connectivity index is 2.96. The van der Waals surface area contributed by atoms with Gasteiger partial charge in [0.25, 0.3) is 0 Å². The van der Waals surface area contributed by atoms with Crippen molar-refractivity contribution in [3.05, 3.63) is 5.69 Å². The third kappa shape index (κ3) is 2.42. The molecule has 0 fully saturated rings. The van der Waals surface area contributed by atoms with Crippen LogP contribution in [0, 0.1) is 0 Å². The quantitative estimate of drug-likeness (QED) is 0.267. The zero-order valence-corrected chi connectivity index (χ0v) is 8.59. The Hall–Kier alpha value is -1.67. The SMILES string of the molecule is CCCN=C(N)c1nnn(C(N)N)c1N. The van der Waals surface area contributed by atoms with Crippen LogP contribution < -0.4 is 22.9 Å². The van der Waals surface area contributed by atoms with E-state index in [2.05, 4.69) is 15.3 Å². The lowest BCUT2D eigenvalue weighted by atomic mass is 10.4. The summed E-state index contributed by atoms with van der Waals surface area (Å²) in [6.07, 6.45) is 0.0655. The van der Waals surface area contributed by atoms with E-state index >= 15 is 0 Å². The molecule has 0 bridgehead atoms. The molecule has 1 aromatic rings. The fourth-order valence-electron chi connectivity index (χ4n) is 1.01. The number of hydrogen-bond donors (Lipinski definition) is 4. The Labute approximate surface area is 87.3 Å². The van der Waals surface area contributed by atoms with Crippen LogP contribution in [0.1, 0.15) is 25.3 Å². The summed E-state index contributed by atoms with van der Waals surface area (Å²) in [4.78, 5) is 4.06. The molecule has 1 heterocycles. The van der Waals surface area contributed by atoms with Crippen LogP contribution in [0.5, 0.6) is 0 Å². The summed E-state index contributed by atoms with van der Waals surface area (Å²) in [5.41, 5.74) is 22.5. The zero-order chi connectivity index (χ0) is 11.4. The van der Waals surface area contributed by atoms with Gasteiger partial charge in [0.2, 0.25) is 0 Å². The van der Waals surface area contributed by atoms with Crippen LogP contribution in [0.3, 0.4) is 0 Å². The number of rotatable bonds is 4. The molecule has 0 radical (unpaired) electrons. The number of amidine groups is 1. The molecule has 0 spiro atoms. The van der Waals surface area contributed by atoms with Gasteiger partial charge in [0.05, 0.1) is 0 Å². The number of anilines is 1. The van der Waals surface area contributed by atoms with Gasteiger partial charge in [-0.05, 0) is 6.42 Å². The minimum Gasteiger partial charge on any atom is -0.382 e. The molecule has 8 N–H and O–H groups in total. The number of nitrogens with zero attached hydrogens (tertiary/aromatic N) is 4. The Morgan fingerprint density at radius 3 is 2.67 bits per heavy atom. The highest BCUT2D eigenvalue weighted by molar-refractivity contribution is 5.99. The average Bonchev–Trinajstić information content (AvgIpc) is 2.56. The molecule has 8 heteroatoms. The highest BCUT2D eigenvalue weighted by atomic mass is 15.5. The second kappa shape index (κ2) is 4.71. The van der Waals surface area contributed by atoms with Crippen molar-refractivity contribution in [3.8, 4) is 0 Å². The first-order valence-electron chi connectivity index (χ1n) is 4.60. The van der Waals surface area contributed by atoms with Gasteiger partial charge in [-0.3, -0.25) is 16.5 Å². The Morgan fingerprint density at radius 2 is 2.20 bits per heavy atom. The van der Waals surface area contributed by atoms with Crippen LogP contribution in [0.4, 0.5) is 5.82 Å². The minimum absolute atomic E-state index is 0.224. The van der Waals surface area contributed by atoms with Crippen molar-refractivity contribution in [1.82, 2.24) is 15.0 Å². The van der Waals surface area contributed by atoms with E-state index < -0.39 is 6.29 Å². The molecule has 8 nitrogen and oxygen atoms in total. The molecular weight excluding hydrogens is 196 g/mol. The summed E-state index contributed by atoms with van der Waals surface area (Å²) in [6.45, 7) is 2.61. The fraction of sp³-hybridized carbons (Fsp3) is 0.571. The minimum atomic E-state index is -0.828. The van der Waals surface area contributed by atoms with E-state index in [1.165, 1.54) is 4.68 Å². The average molecular weight is 212 g/mol. The van der Waals surface area contributed by atoms with Crippen molar-refractivity contribution in [1.29, 1.82) is 0 Å². The molecule has 0 unspecified atom stereocenters. The lowest BCUT2D eigenvalue weighted by Gasteiger charge is -2.06. The Bertz CT molecular complexity index is 352. The maximum atomic E-state index is 5.69. The third-order valence-corrected chi connectivity index (χ3v) is 1.76. The van der Waals surface area contributed by atoms with E-state index in [0.29, 0.717) is 12.2 Å². The van der Waals surface area contributed by atoms with Crippen LogP contribution in [0.2, 0.25) is 0 Å². The summed E-state index contributed by atoms with van der Waals surface area (Å²) in [5, 5.41) is 7.44. The fourth-order valence-corrected chi connectivity index (χ4v) is 1.01. The van der Waals surface area contributed by atoms with Gasteiger partial charge in [-0.25, -0.2) is 0 Å². The summed E-state index contributed by atoms with van der Waals surface area (Å²) in [7, 11) is 0. The molecular formula is C7H16N8. The van der Waals surface area contributed by atoms with Gasteiger partial charge < -0.3 is 11.5 Å². The maximum Gasteiger partial charge on any atom is 0.171 e. The van der Waals surface area contributed by atoms with Gasteiger partial charge in [-0.1, -0.05) is 12.1 Å². The van der Waals surface area contributed by atoms with Crippen molar-refractivity contribution >= 4 is 11.7 Å².